The fourth-order valence-corrected chi connectivity index (χ4v) is 3.25. The number of nitrogens with one attached hydrogen (secondary N) is 2. The molecule has 2 N–H and O–H groups in total. The van der Waals surface area contributed by atoms with Crippen molar-refractivity contribution in [1.82, 2.24) is 10.7 Å². The Kier molecular flexibility index (Phi) is 7.85. The second kappa shape index (κ2) is 10.1. The standard InChI is InChI=1S/C18H16BrClN4OS/c1-2-22-18(26)24-23-10-12-7-15(19)17(16(20)8-12)25-11-14-6-4-3-5-13(14)9-21/h3-8,10H,2,11H2,1H3,(H2,22,24,26). The van der Waals surface area contributed by atoms with Gasteiger partial charge >= 0.3 is 0 Å². The molecule has 5 nitrogen and oxygen atoms in total. The summed E-state index contributed by atoms with van der Waals surface area (Å²) in [7, 11) is 0. The average Bonchev–Trinajstić information content (AvgIpc) is 2.61. The van der Waals surface area contributed by atoms with Crippen LogP contribution in [0.25, 0.3) is 0 Å². The van der Waals surface area contributed by atoms with E-state index in [0.29, 0.717) is 25.9 Å². The lowest BCUT2D eigenvalue weighted by atomic mass is 10.1. The molecule has 2 aromatic rings. The summed E-state index contributed by atoms with van der Waals surface area (Å²) < 4.78 is 6.49. The summed E-state index contributed by atoms with van der Waals surface area (Å²) in [6.45, 7) is 2.91. The zero-order valence-corrected chi connectivity index (χ0v) is 17.1. The van der Waals surface area contributed by atoms with E-state index in [4.69, 9.17) is 33.8 Å². The molecule has 0 saturated heterocycles. The molecule has 0 saturated carbocycles. The van der Waals surface area contributed by atoms with Crippen molar-refractivity contribution in [2.75, 3.05) is 6.54 Å². The van der Waals surface area contributed by atoms with Crippen molar-refractivity contribution in [3.8, 4) is 11.8 Å². The van der Waals surface area contributed by atoms with Gasteiger partial charge in [-0.15, -0.1) is 0 Å². The van der Waals surface area contributed by atoms with Gasteiger partial charge in [-0.1, -0.05) is 29.8 Å². The fourth-order valence-electron chi connectivity index (χ4n) is 2.06. The first kappa shape index (κ1) is 20.2. The van der Waals surface area contributed by atoms with E-state index in [-0.39, 0.29) is 6.61 Å². The molecule has 8 heteroatoms. The lowest BCUT2D eigenvalue weighted by Crippen LogP contribution is -2.31. The van der Waals surface area contributed by atoms with Gasteiger partial charge in [-0.25, -0.2) is 0 Å². The quantitative estimate of drug-likeness (QED) is 0.388. The third-order valence-corrected chi connectivity index (χ3v) is 4.35. The van der Waals surface area contributed by atoms with Crippen molar-refractivity contribution in [3.63, 3.8) is 0 Å². The number of rotatable bonds is 6. The summed E-state index contributed by atoms with van der Waals surface area (Å²) in [6, 6.07) is 13.0. The predicted molar refractivity (Wildman–Crippen MR) is 112 cm³/mol. The highest BCUT2D eigenvalue weighted by atomic mass is 79.9. The lowest BCUT2D eigenvalue weighted by Gasteiger charge is -2.12. The zero-order valence-electron chi connectivity index (χ0n) is 13.9. The minimum atomic E-state index is 0.244. The molecule has 134 valence electrons. The van der Waals surface area contributed by atoms with Crippen molar-refractivity contribution in [2.45, 2.75) is 13.5 Å². The Morgan fingerprint density at radius 2 is 2.19 bits per heavy atom. The topological polar surface area (TPSA) is 69.4 Å². The number of thiocarbonyl (C=S) groups is 1. The zero-order chi connectivity index (χ0) is 18.9. The van der Waals surface area contributed by atoms with Crippen LogP contribution < -0.4 is 15.5 Å². The van der Waals surface area contributed by atoms with Crippen LogP contribution in [-0.4, -0.2) is 17.9 Å². The smallest absolute Gasteiger partial charge is 0.186 e. The van der Waals surface area contributed by atoms with E-state index in [2.05, 4.69) is 37.8 Å². The van der Waals surface area contributed by atoms with Gasteiger partial charge in [0.15, 0.2) is 10.9 Å². The number of hydrogen-bond donors (Lipinski definition) is 2. The molecule has 0 aliphatic heterocycles. The van der Waals surface area contributed by atoms with Crippen LogP contribution in [0.5, 0.6) is 5.75 Å². The maximum Gasteiger partial charge on any atom is 0.186 e. The molecule has 0 aromatic heterocycles. The maximum atomic E-state index is 9.14. The van der Waals surface area contributed by atoms with Gasteiger partial charge in [0, 0.05) is 12.1 Å². The van der Waals surface area contributed by atoms with Gasteiger partial charge in [-0.2, -0.15) is 10.4 Å². The number of ether oxygens (including phenoxy) is 1. The van der Waals surface area contributed by atoms with Crippen molar-refractivity contribution < 1.29 is 4.74 Å². The maximum absolute atomic E-state index is 9.14. The highest BCUT2D eigenvalue weighted by Crippen LogP contribution is 2.34. The second-order valence-corrected chi connectivity index (χ2v) is 6.77. The van der Waals surface area contributed by atoms with E-state index in [1.165, 1.54) is 0 Å². The predicted octanol–water partition coefficient (Wildman–Crippen LogP) is 4.37. The summed E-state index contributed by atoms with van der Waals surface area (Å²) in [5.74, 6) is 0.507. The van der Waals surface area contributed by atoms with Crippen LogP contribution in [0.15, 0.2) is 46.0 Å². The molecule has 0 radical (unpaired) electrons. The van der Waals surface area contributed by atoms with Crippen LogP contribution in [0.4, 0.5) is 0 Å². The minimum Gasteiger partial charge on any atom is -0.486 e. The number of halogens is 2. The van der Waals surface area contributed by atoms with E-state index in [0.717, 1.165) is 17.7 Å². The van der Waals surface area contributed by atoms with Crippen molar-refractivity contribution in [3.05, 3.63) is 62.6 Å². The molecule has 0 aliphatic carbocycles. The van der Waals surface area contributed by atoms with Crippen LogP contribution in [0.2, 0.25) is 5.02 Å². The molecule has 26 heavy (non-hydrogen) atoms. The van der Waals surface area contributed by atoms with E-state index in [1.54, 1.807) is 18.3 Å². The van der Waals surface area contributed by atoms with E-state index in [1.807, 2.05) is 31.2 Å². The Morgan fingerprint density at radius 1 is 1.42 bits per heavy atom. The summed E-state index contributed by atoms with van der Waals surface area (Å²) >= 11 is 14.8. The molecule has 0 bridgehead atoms. The molecule has 0 spiro atoms. The van der Waals surface area contributed by atoms with Crippen molar-refractivity contribution in [1.29, 1.82) is 5.26 Å². The summed E-state index contributed by atoms with van der Waals surface area (Å²) in [5, 5.41) is 17.0. The van der Waals surface area contributed by atoms with Gasteiger partial charge in [-0.3, -0.25) is 5.43 Å². The van der Waals surface area contributed by atoms with Gasteiger partial charge in [0.1, 0.15) is 6.61 Å². The molecule has 0 atom stereocenters. The lowest BCUT2D eigenvalue weighted by molar-refractivity contribution is 0.304. The average molecular weight is 452 g/mol. The Hall–Kier alpha value is -2.14. The van der Waals surface area contributed by atoms with Crippen LogP contribution in [0.3, 0.4) is 0 Å². The van der Waals surface area contributed by atoms with Gasteiger partial charge in [0.25, 0.3) is 0 Å². The van der Waals surface area contributed by atoms with Crippen molar-refractivity contribution in [2.24, 2.45) is 5.10 Å². The highest BCUT2D eigenvalue weighted by molar-refractivity contribution is 9.10. The third-order valence-electron chi connectivity index (χ3n) is 3.25. The number of hydrazone groups is 1. The first-order chi connectivity index (χ1) is 12.5. The monoisotopic (exact) mass is 450 g/mol. The van der Waals surface area contributed by atoms with Gasteiger partial charge < -0.3 is 10.1 Å². The molecular weight excluding hydrogens is 436 g/mol. The first-order valence-electron chi connectivity index (χ1n) is 7.72. The molecule has 0 amide bonds. The largest absolute Gasteiger partial charge is 0.486 e. The molecule has 0 aliphatic rings. The molecule has 2 rings (SSSR count). The fraction of sp³-hybridized carbons (Fsp3) is 0.167. The Bertz CT molecular complexity index is 844. The van der Waals surface area contributed by atoms with Crippen LogP contribution >= 0.6 is 39.7 Å². The Morgan fingerprint density at radius 3 is 2.88 bits per heavy atom. The third kappa shape index (κ3) is 5.70. The number of nitrogens with zero attached hydrogens (tertiary/aromatic N) is 2. The minimum absolute atomic E-state index is 0.244. The van der Waals surface area contributed by atoms with Gasteiger partial charge in [0.2, 0.25) is 0 Å². The van der Waals surface area contributed by atoms with Gasteiger partial charge in [0.05, 0.1) is 27.3 Å². The number of benzene rings is 2. The molecule has 2 aromatic carbocycles. The second-order valence-electron chi connectivity index (χ2n) is 5.10. The van der Waals surface area contributed by atoms with Crippen LogP contribution in [0, 0.1) is 11.3 Å². The van der Waals surface area contributed by atoms with E-state index >= 15 is 0 Å². The van der Waals surface area contributed by atoms with Crippen molar-refractivity contribution >= 4 is 51.1 Å². The SMILES string of the molecule is CCNC(=S)NN=Cc1cc(Cl)c(OCc2ccccc2C#N)c(Br)c1. The van der Waals surface area contributed by atoms with Crippen LogP contribution in [0.1, 0.15) is 23.6 Å². The summed E-state index contributed by atoms with van der Waals surface area (Å²) in [4.78, 5) is 0. The first-order valence-corrected chi connectivity index (χ1v) is 9.29. The van der Waals surface area contributed by atoms with Gasteiger partial charge in [-0.05, 0) is 58.8 Å². The Labute approximate surface area is 171 Å². The van der Waals surface area contributed by atoms with E-state index in [9.17, 15) is 0 Å². The normalized spacial score (nSPS) is 10.4. The number of nitriles is 1. The molecule has 0 fully saturated rings. The summed E-state index contributed by atoms with van der Waals surface area (Å²) in [6.07, 6.45) is 1.61. The Balaban J connectivity index is 2.08. The highest BCUT2D eigenvalue weighted by Gasteiger charge is 2.10. The van der Waals surface area contributed by atoms with Crippen LogP contribution in [-0.2, 0) is 6.61 Å². The number of hydrogen-bond acceptors (Lipinski definition) is 4. The van der Waals surface area contributed by atoms with E-state index < -0.39 is 0 Å². The summed E-state index contributed by atoms with van der Waals surface area (Å²) in [5.41, 5.74) is 4.86. The molecule has 0 heterocycles. The molecular formula is C18H16BrClN4OS. The molecule has 0 unspecified atom stereocenters.